The average Bonchev–Trinajstić information content (AvgIpc) is 3.12. The third-order valence-corrected chi connectivity index (χ3v) is 11.3. The summed E-state index contributed by atoms with van der Waals surface area (Å²) in [5.74, 6) is 1.42. The topological polar surface area (TPSA) is 60.0 Å². The van der Waals surface area contributed by atoms with Gasteiger partial charge in [0.15, 0.2) is 17.9 Å². The number of nitrogens with one attached hydrogen (secondary N) is 1. The highest BCUT2D eigenvalue weighted by molar-refractivity contribution is 8.24. The van der Waals surface area contributed by atoms with E-state index in [0.29, 0.717) is 18.1 Å². The maximum absolute atomic E-state index is 12.8. The summed E-state index contributed by atoms with van der Waals surface area (Å²) < 4.78 is 19.7. The molecular weight excluding hydrogens is 499 g/mol. The number of rotatable bonds is 9. The fourth-order valence-electron chi connectivity index (χ4n) is 3.96. The number of carbonyl (C=O) groups excluding carboxylic acids is 1. The largest absolute Gasteiger partial charge is 0.461 e. The predicted octanol–water partition coefficient (Wildman–Crippen LogP) is 6.61. The summed E-state index contributed by atoms with van der Waals surface area (Å²) in [6, 6.07) is 19.7. The van der Waals surface area contributed by atoms with Gasteiger partial charge in [-0.15, -0.1) is 0 Å². The van der Waals surface area contributed by atoms with Gasteiger partial charge in [-0.25, -0.2) is 4.79 Å². The van der Waals surface area contributed by atoms with Crippen molar-refractivity contribution < 1.29 is 18.8 Å². The summed E-state index contributed by atoms with van der Waals surface area (Å²) in [6.45, 7) is 6.49. The SMILES string of the molecule is CCOP(=S)(c1ccccc1)N(SCNC(=O)OC1=C2OC=CC=C2CC1(C)C)c1ccccc1. The number of anilines is 1. The number of para-hydroxylation sites is 1. The lowest BCUT2D eigenvalue weighted by molar-refractivity contribution is 0.148. The lowest BCUT2D eigenvalue weighted by Gasteiger charge is -2.35. The summed E-state index contributed by atoms with van der Waals surface area (Å²) in [5.41, 5.74) is 1.61. The molecule has 1 unspecified atom stereocenters. The molecule has 1 heterocycles. The first-order valence-corrected chi connectivity index (χ1v) is 15.0. The van der Waals surface area contributed by atoms with E-state index in [-0.39, 0.29) is 11.3 Å². The molecule has 0 fully saturated rings. The average molecular weight is 529 g/mol. The zero-order valence-electron chi connectivity index (χ0n) is 20.0. The Kier molecular flexibility index (Phi) is 8.07. The molecule has 184 valence electrons. The Labute approximate surface area is 216 Å². The monoisotopic (exact) mass is 528 g/mol. The van der Waals surface area contributed by atoms with Crippen LogP contribution in [0.25, 0.3) is 0 Å². The number of hydrogen-bond donors (Lipinski definition) is 1. The molecule has 2 aromatic carbocycles. The molecule has 1 amide bonds. The van der Waals surface area contributed by atoms with Crippen LogP contribution in [0.15, 0.2) is 96.2 Å². The minimum Gasteiger partial charge on any atom is -0.461 e. The van der Waals surface area contributed by atoms with Gasteiger partial charge in [-0.05, 0) is 73.0 Å². The summed E-state index contributed by atoms with van der Waals surface area (Å²) in [7, 11) is 0. The van der Waals surface area contributed by atoms with Crippen molar-refractivity contribution in [1.82, 2.24) is 5.32 Å². The van der Waals surface area contributed by atoms with Gasteiger partial charge in [-0.2, -0.15) is 0 Å². The number of benzene rings is 2. The first-order chi connectivity index (χ1) is 16.8. The van der Waals surface area contributed by atoms with Crippen molar-refractivity contribution >= 4 is 47.3 Å². The van der Waals surface area contributed by atoms with Crippen molar-refractivity contribution in [3.8, 4) is 0 Å². The van der Waals surface area contributed by atoms with Gasteiger partial charge in [-0.3, -0.25) is 4.08 Å². The highest BCUT2D eigenvalue weighted by Gasteiger charge is 2.41. The van der Waals surface area contributed by atoms with E-state index in [1.807, 2.05) is 97.7 Å². The first-order valence-electron chi connectivity index (χ1n) is 11.4. The van der Waals surface area contributed by atoms with Crippen LogP contribution in [0.3, 0.4) is 0 Å². The van der Waals surface area contributed by atoms with E-state index in [1.165, 1.54) is 11.9 Å². The molecule has 1 N–H and O–H groups in total. The molecule has 1 atom stereocenters. The molecule has 0 spiro atoms. The molecule has 4 rings (SSSR count). The number of nitrogens with zero attached hydrogens (tertiary/aromatic N) is 1. The molecule has 0 radical (unpaired) electrons. The summed E-state index contributed by atoms with van der Waals surface area (Å²) in [4.78, 5) is 12.8. The second kappa shape index (κ2) is 11.0. The van der Waals surface area contributed by atoms with Crippen molar-refractivity contribution in [2.75, 3.05) is 16.6 Å². The smallest absolute Gasteiger partial charge is 0.413 e. The van der Waals surface area contributed by atoms with Gasteiger partial charge in [0.05, 0.1) is 24.4 Å². The molecule has 35 heavy (non-hydrogen) atoms. The van der Waals surface area contributed by atoms with E-state index >= 15 is 0 Å². The summed E-state index contributed by atoms with van der Waals surface area (Å²) in [6.07, 6.45) is 3.01. The zero-order valence-corrected chi connectivity index (χ0v) is 22.5. The van der Waals surface area contributed by atoms with Gasteiger partial charge in [0.2, 0.25) is 0 Å². The molecule has 6 nitrogen and oxygen atoms in total. The fraction of sp³-hybridized carbons (Fsp3) is 0.269. The zero-order chi connectivity index (χ0) is 24.9. The van der Waals surface area contributed by atoms with Crippen LogP contribution in [0.4, 0.5) is 10.5 Å². The normalized spacial score (nSPS) is 17.6. The van der Waals surface area contributed by atoms with Crippen molar-refractivity contribution in [1.29, 1.82) is 0 Å². The molecule has 1 aliphatic carbocycles. The second-order valence-electron chi connectivity index (χ2n) is 8.58. The van der Waals surface area contributed by atoms with Gasteiger partial charge < -0.3 is 19.3 Å². The maximum Gasteiger partial charge on any atom is 0.413 e. The summed E-state index contributed by atoms with van der Waals surface area (Å²) >= 11 is 7.57. The van der Waals surface area contributed by atoms with Crippen molar-refractivity contribution in [2.24, 2.45) is 5.41 Å². The van der Waals surface area contributed by atoms with Crippen LogP contribution in [0.2, 0.25) is 0 Å². The Bertz CT molecular complexity index is 1200. The number of alkyl carbamates (subject to hydrolysis) is 1. The molecule has 2 aliphatic rings. The van der Waals surface area contributed by atoms with Crippen LogP contribution in [-0.4, -0.2) is 18.6 Å². The minimum absolute atomic E-state index is 0.249. The predicted molar refractivity (Wildman–Crippen MR) is 147 cm³/mol. The quantitative estimate of drug-likeness (QED) is 0.223. The molecule has 9 heteroatoms. The van der Waals surface area contributed by atoms with E-state index in [2.05, 4.69) is 5.32 Å². The first kappa shape index (κ1) is 25.6. The Balaban J connectivity index is 1.50. The number of amides is 1. The molecule has 1 aliphatic heterocycles. The van der Waals surface area contributed by atoms with E-state index in [4.69, 9.17) is 25.8 Å². The Morgan fingerprint density at radius 1 is 1.17 bits per heavy atom. The van der Waals surface area contributed by atoms with Crippen LogP contribution in [0, 0.1) is 5.41 Å². The lowest BCUT2D eigenvalue weighted by atomic mass is 9.90. The second-order valence-corrected chi connectivity index (χ2v) is 13.5. The van der Waals surface area contributed by atoms with Crippen LogP contribution in [0.5, 0.6) is 0 Å². The number of allylic oxidation sites excluding steroid dienone is 4. The van der Waals surface area contributed by atoms with Gasteiger partial charge in [0, 0.05) is 10.7 Å². The van der Waals surface area contributed by atoms with Gasteiger partial charge >= 0.3 is 6.09 Å². The van der Waals surface area contributed by atoms with Crippen molar-refractivity contribution in [3.05, 3.63) is 96.2 Å². The Morgan fingerprint density at radius 2 is 1.86 bits per heavy atom. The molecule has 2 aromatic rings. The number of ether oxygens (including phenoxy) is 2. The molecule has 0 bridgehead atoms. The number of fused-ring (bicyclic) bond motifs is 1. The highest BCUT2D eigenvalue weighted by atomic mass is 32.5. The van der Waals surface area contributed by atoms with Gasteiger partial charge in [0.1, 0.15) is 0 Å². The van der Waals surface area contributed by atoms with E-state index < -0.39 is 12.5 Å². The van der Waals surface area contributed by atoms with Gasteiger partial charge in [-0.1, -0.05) is 56.3 Å². The van der Waals surface area contributed by atoms with Crippen LogP contribution < -0.4 is 14.7 Å². The Hall–Kier alpha value is -2.51. The van der Waals surface area contributed by atoms with E-state index in [1.54, 1.807) is 6.26 Å². The maximum atomic E-state index is 12.8. The fourth-order valence-corrected chi connectivity index (χ4v) is 8.93. The van der Waals surface area contributed by atoms with Crippen LogP contribution in [-0.2, 0) is 25.8 Å². The molecule has 0 aromatic heterocycles. The third-order valence-electron chi connectivity index (χ3n) is 5.51. The molecule has 0 saturated carbocycles. The molecular formula is C26H29N2O4PS2. The number of hydrogen-bond acceptors (Lipinski definition) is 6. The van der Waals surface area contributed by atoms with E-state index in [0.717, 1.165) is 23.0 Å². The summed E-state index contributed by atoms with van der Waals surface area (Å²) in [5, 5.41) is 3.80. The number of carbonyl (C=O) groups is 1. The van der Waals surface area contributed by atoms with E-state index in [9.17, 15) is 4.79 Å². The standard InChI is InChI=1S/C26H29N2O4PS2/c1-4-31-33(34,22-15-9-6-10-16-22)28(21-13-7-5-8-14-21)35-19-27-25(29)32-24-23-20(12-11-17-30-23)18-26(24,2)3/h5-17H,4,18-19H2,1-3H3,(H,27,29). The van der Waals surface area contributed by atoms with Gasteiger partial charge in [0.25, 0.3) is 0 Å². The molecule has 0 saturated heterocycles. The minimum atomic E-state index is -2.64. The third kappa shape index (κ3) is 5.67. The lowest BCUT2D eigenvalue weighted by Crippen LogP contribution is -2.29. The van der Waals surface area contributed by atoms with Crippen molar-refractivity contribution in [3.63, 3.8) is 0 Å². The van der Waals surface area contributed by atoms with Crippen molar-refractivity contribution in [2.45, 2.75) is 27.2 Å². The Morgan fingerprint density at radius 3 is 2.54 bits per heavy atom. The van der Waals surface area contributed by atoms with Crippen LogP contribution >= 0.6 is 18.4 Å². The highest BCUT2D eigenvalue weighted by Crippen LogP contribution is 2.56. The van der Waals surface area contributed by atoms with Crippen LogP contribution in [0.1, 0.15) is 27.2 Å².